The van der Waals surface area contributed by atoms with Crippen LogP contribution in [0.1, 0.15) is 68.8 Å². The molecule has 0 radical (unpaired) electrons. The van der Waals surface area contributed by atoms with E-state index in [4.69, 9.17) is 4.74 Å². The van der Waals surface area contributed by atoms with Crippen LogP contribution in [0.2, 0.25) is 0 Å². The minimum atomic E-state index is -3.88. The Bertz CT molecular complexity index is 1130. The van der Waals surface area contributed by atoms with Crippen LogP contribution < -0.4 is 4.74 Å². The molecule has 7 heteroatoms. The van der Waals surface area contributed by atoms with Crippen molar-refractivity contribution in [3.05, 3.63) is 59.7 Å². The van der Waals surface area contributed by atoms with Gasteiger partial charge < -0.3 is 9.64 Å². The number of benzene rings is 2. The first-order valence-electron chi connectivity index (χ1n) is 12.4. The molecule has 4 rings (SSSR count). The minimum absolute atomic E-state index is 0.0189. The molecule has 2 atom stereocenters. The van der Waals surface area contributed by atoms with E-state index in [2.05, 4.69) is 31.7 Å². The van der Waals surface area contributed by atoms with Crippen molar-refractivity contribution in [3.63, 3.8) is 0 Å². The van der Waals surface area contributed by atoms with Gasteiger partial charge in [-0.05, 0) is 67.1 Å². The van der Waals surface area contributed by atoms with Crippen molar-refractivity contribution in [2.24, 2.45) is 5.92 Å². The van der Waals surface area contributed by atoms with E-state index in [0.717, 1.165) is 23.8 Å². The number of carbonyl (C=O) groups is 1. The summed E-state index contributed by atoms with van der Waals surface area (Å²) in [5.74, 6) is 0.517. The molecule has 1 fully saturated rings. The molecule has 0 bridgehead atoms. The molecule has 0 aliphatic carbocycles. The topological polar surface area (TPSA) is 66.9 Å². The van der Waals surface area contributed by atoms with Crippen LogP contribution in [0.5, 0.6) is 5.75 Å². The lowest BCUT2D eigenvalue weighted by molar-refractivity contribution is 0.0789. The fourth-order valence-electron chi connectivity index (χ4n) is 5.14. The fourth-order valence-corrected chi connectivity index (χ4v) is 6.57. The van der Waals surface area contributed by atoms with E-state index in [9.17, 15) is 13.2 Å². The zero-order chi connectivity index (χ0) is 24.3. The molecule has 0 saturated carbocycles. The Kier molecular flexibility index (Phi) is 7.33. The van der Waals surface area contributed by atoms with Gasteiger partial charge in [0.25, 0.3) is 15.9 Å². The van der Waals surface area contributed by atoms with Crippen molar-refractivity contribution < 1.29 is 17.9 Å². The van der Waals surface area contributed by atoms with Crippen LogP contribution >= 0.6 is 0 Å². The van der Waals surface area contributed by atoms with Crippen molar-refractivity contribution in [3.8, 4) is 5.75 Å². The summed E-state index contributed by atoms with van der Waals surface area (Å²) in [6.07, 6.45) is 6.21. The molecule has 2 aromatic carbocycles. The lowest BCUT2D eigenvalue weighted by atomic mass is 9.68. The second-order valence-corrected chi connectivity index (χ2v) is 11.7. The molecule has 0 N–H and O–H groups in total. The predicted octanol–water partition coefficient (Wildman–Crippen LogP) is 5.05. The third-order valence-corrected chi connectivity index (χ3v) is 9.41. The molecule has 1 saturated heterocycles. The second kappa shape index (κ2) is 10.1. The van der Waals surface area contributed by atoms with Crippen molar-refractivity contribution >= 4 is 15.9 Å². The Morgan fingerprint density at radius 2 is 1.88 bits per heavy atom. The van der Waals surface area contributed by atoms with E-state index < -0.39 is 15.9 Å². The maximum atomic E-state index is 12.8. The first-order chi connectivity index (χ1) is 16.3. The van der Waals surface area contributed by atoms with Crippen LogP contribution in [0.4, 0.5) is 0 Å². The van der Waals surface area contributed by atoms with Crippen LogP contribution in [-0.2, 0) is 15.4 Å². The highest BCUT2D eigenvalue weighted by Gasteiger charge is 2.41. The Morgan fingerprint density at radius 3 is 2.62 bits per heavy atom. The third-order valence-electron chi connectivity index (χ3n) is 7.65. The third kappa shape index (κ3) is 4.73. The molecular weight excluding hydrogens is 448 g/mol. The number of ether oxygens (including phenoxy) is 1. The standard InChI is InChI=1S/C27H36N2O4S/c1-4-5-6-9-16-28-17-15-27(3,21(2)19-28)22-11-10-12-23(18-22)33-20-29-26(30)24-13-7-8-14-25(24)34(29,31)32/h7-8,10-14,18,21H,4-6,9,15-17,19-20H2,1-3H3/t21-,27-/m0/s1. The largest absolute Gasteiger partial charge is 0.472 e. The maximum absolute atomic E-state index is 12.8. The van der Waals surface area contributed by atoms with Gasteiger partial charge in [0.05, 0.1) is 5.56 Å². The lowest BCUT2D eigenvalue weighted by Crippen LogP contribution is -2.47. The van der Waals surface area contributed by atoms with E-state index in [1.54, 1.807) is 12.1 Å². The molecule has 184 valence electrons. The van der Waals surface area contributed by atoms with Gasteiger partial charge in [0, 0.05) is 6.54 Å². The number of hydrogen-bond acceptors (Lipinski definition) is 5. The van der Waals surface area contributed by atoms with Gasteiger partial charge in [0.1, 0.15) is 10.6 Å². The van der Waals surface area contributed by atoms with Gasteiger partial charge in [-0.15, -0.1) is 0 Å². The van der Waals surface area contributed by atoms with E-state index in [1.807, 2.05) is 18.2 Å². The summed E-state index contributed by atoms with van der Waals surface area (Å²) < 4.78 is 32.2. The molecule has 6 nitrogen and oxygen atoms in total. The number of likely N-dealkylation sites (tertiary alicyclic amines) is 1. The first kappa shape index (κ1) is 24.7. The zero-order valence-electron chi connectivity index (χ0n) is 20.5. The summed E-state index contributed by atoms with van der Waals surface area (Å²) in [4.78, 5) is 15.3. The van der Waals surface area contributed by atoms with Crippen molar-refractivity contribution in [2.75, 3.05) is 26.4 Å². The highest BCUT2D eigenvalue weighted by atomic mass is 32.2. The molecule has 0 unspecified atom stereocenters. The number of hydrogen-bond donors (Lipinski definition) is 0. The Balaban J connectivity index is 1.41. The summed E-state index contributed by atoms with van der Waals surface area (Å²) in [7, 11) is -3.88. The molecule has 2 aromatic rings. The van der Waals surface area contributed by atoms with Crippen LogP contribution in [0.15, 0.2) is 53.4 Å². The number of sulfonamides is 1. The Hall–Kier alpha value is -2.38. The summed E-state index contributed by atoms with van der Waals surface area (Å²) in [6.45, 7) is 9.87. The van der Waals surface area contributed by atoms with Crippen LogP contribution in [0.3, 0.4) is 0 Å². The molecule has 2 aliphatic rings. The van der Waals surface area contributed by atoms with Gasteiger partial charge in [-0.2, -0.15) is 4.31 Å². The lowest BCUT2D eigenvalue weighted by Gasteiger charge is -2.45. The Morgan fingerprint density at radius 1 is 1.09 bits per heavy atom. The monoisotopic (exact) mass is 484 g/mol. The molecule has 2 heterocycles. The van der Waals surface area contributed by atoms with Gasteiger partial charge in [-0.25, -0.2) is 8.42 Å². The highest BCUT2D eigenvalue weighted by molar-refractivity contribution is 7.90. The second-order valence-electron chi connectivity index (χ2n) is 9.89. The number of amides is 1. The first-order valence-corrected chi connectivity index (χ1v) is 13.8. The van der Waals surface area contributed by atoms with Crippen molar-refractivity contribution in [1.82, 2.24) is 9.21 Å². The molecule has 0 aromatic heterocycles. The average Bonchev–Trinajstić information content (AvgIpc) is 3.03. The molecular formula is C27H36N2O4S. The summed E-state index contributed by atoms with van der Waals surface area (Å²) in [6, 6.07) is 14.2. The summed E-state index contributed by atoms with van der Waals surface area (Å²) in [5.41, 5.74) is 1.41. The van der Waals surface area contributed by atoms with Crippen LogP contribution in [0.25, 0.3) is 0 Å². The smallest absolute Gasteiger partial charge is 0.271 e. The predicted molar refractivity (Wildman–Crippen MR) is 133 cm³/mol. The number of carbonyl (C=O) groups excluding carboxylic acids is 1. The summed E-state index contributed by atoms with van der Waals surface area (Å²) in [5, 5.41) is 0. The number of unbranched alkanes of at least 4 members (excludes halogenated alkanes) is 3. The molecule has 2 aliphatic heterocycles. The van der Waals surface area contributed by atoms with Crippen molar-refractivity contribution in [1.29, 1.82) is 0 Å². The van der Waals surface area contributed by atoms with E-state index >= 15 is 0 Å². The normalized spacial score (nSPS) is 24.3. The zero-order valence-corrected chi connectivity index (χ0v) is 21.3. The summed E-state index contributed by atoms with van der Waals surface area (Å²) >= 11 is 0. The van der Waals surface area contributed by atoms with Crippen LogP contribution in [-0.4, -0.2) is 49.9 Å². The van der Waals surface area contributed by atoms with Gasteiger partial charge >= 0.3 is 0 Å². The number of fused-ring (bicyclic) bond motifs is 1. The van der Waals surface area contributed by atoms with Gasteiger partial charge in [0.2, 0.25) is 0 Å². The SMILES string of the molecule is CCCCCCN1CC[C@](C)(c2cccc(OCN3C(=O)c4ccccc4S3(=O)=O)c2)[C@@H](C)C1. The maximum Gasteiger partial charge on any atom is 0.271 e. The molecule has 0 spiro atoms. The average molecular weight is 485 g/mol. The minimum Gasteiger partial charge on any atom is -0.472 e. The number of rotatable bonds is 9. The van der Waals surface area contributed by atoms with Gasteiger partial charge in [-0.3, -0.25) is 4.79 Å². The Labute approximate surface area is 204 Å². The molecule has 34 heavy (non-hydrogen) atoms. The van der Waals surface area contributed by atoms with Crippen LogP contribution in [0, 0.1) is 5.92 Å². The fraction of sp³-hybridized carbons (Fsp3) is 0.519. The van der Waals surface area contributed by atoms with E-state index in [-0.39, 0.29) is 22.6 Å². The number of nitrogens with zero attached hydrogens (tertiary/aromatic N) is 2. The van der Waals surface area contributed by atoms with Gasteiger partial charge in [0.15, 0.2) is 6.73 Å². The quantitative estimate of drug-likeness (QED) is 0.466. The van der Waals surface area contributed by atoms with E-state index in [1.165, 1.54) is 49.9 Å². The number of piperidine rings is 1. The highest BCUT2D eigenvalue weighted by Crippen LogP contribution is 2.40. The van der Waals surface area contributed by atoms with Crippen molar-refractivity contribution in [2.45, 2.75) is 63.2 Å². The van der Waals surface area contributed by atoms with Gasteiger partial charge in [-0.1, -0.05) is 64.3 Å². The van der Waals surface area contributed by atoms with E-state index in [0.29, 0.717) is 11.7 Å². The molecule has 1 amide bonds.